The molecule has 154 valence electrons. The third-order valence-corrected chi connectivity index (χ3v) is 6.69. The maximum Gasteiger partial charge on any atom is 0.240 e. The molecule has 1 heterocycles. The van der Waals surface area contributed by atoms with Gasteiger partial charge in [-0.3, -0.25) is 9.59 Å². The summed E-state index contributed by atoms with van der Waals surface area (Å²) in [5, 5.41) is 2.78. The summed E-state index contributed by atoms with van der Waals surface area (Å²) in [5.74, 6) is -0.799. The quantitative estimate of drug-likeness (QED) is 0.758. The van der Waals surface area contributed by atoms with Crippen LogP contribution in [-0.2, 0) is 19.6 Å². The molecule has 2 amide bonds. The zero-order valence-corrected chi connectivity index (χ0v) is 17.5. The monoisotopic (exact) mass is 415 g/mol. The summed E-state index contributed by atoms with van der Waals surface area (Å²) >= 11 is 0. The minimum atomic E-state index is -3.54. The van der Waals surface area contributed by atoms with Gasteiger partial charge in [-0.15, -0.1) is 0 Å². The smallest absolute Gasteiger partial charge is 0.240 e. The van der Waals surface area contributed by atoms with E-state index in [0.717, 1.165) is 16.8 Å². The van der Waals surface area contributed by atoms with Gasteiger partial charge in [0.2, 0.25) is 21.8 Å². The third kappa shape index (κ3) is 4.49. The van der Waals surface area contributed by atoms with Crippen molar-refractivity contribution in [2.45, 2.75) is 32.1 Å². The molecule has 0 bridgehead atoms. The highest BCUT2D eigenvalue weighted by atomic mass is 32.2. The molecule has 29 heavy (non-hydrogen) atoms. The van der Waals surface area contributed by atoms with Gasteiger partial charge in [0.05, 0.1) is 10.8 Å². The molecule has 7 nitrogen and oxygen atoms in total. The number of benzene rings is 2. The summed E-state index contributed by atoms with van der Waals surface area (Å²) in [6.45, 7) is 6.28. The van der Waals surface area contributed by atoms with Crippen molar-refractivity contribution in [3.8, 4) is 0 Å². The Morgan fingerprint density at radius 3 is 2.48 bits per heavy atom. The first-order valence-corrected chi connectivity index (χ1v) is 11.0. The van der Waals surface area contributed by atoms with Crippen LogP contribution in [0.5, 0.6) is 0 Å². The molecular weight excluding hydrogens is 390 g/mol. The third-order valence-electron chi connectivity index (χ3n) is 5.13. The van der Waals surface area contributed by atoms with E-state index in [9.17, 15) is 18.0 Å². The second kappa shape index (κ2) is 8.34. The Bertz CT molecular complexity index is 1030. The van der Waals surface area contributed by atoms with E-state index in [1.54, 1.807) is 24.0 Å². The molecule has 0 aliphatic carbocycles. The normalized spacial score (nSPS) is 16.9. The molecule has 2 aromatic rings. The van der Waals surface area contributed by atoms with Crippen LogP contribution in [0.4, 0.5) is 11.4 Å². The van der Waals surface area contributed by atoms with Crippen LogP contribution in [0, 0.1) is 19.8 Å². The van der Waals surface area contributed by atoms with Gasteiger partial charge in [-0.05, 0) is 55.3 Å². The molecule has 1 fully saturated rings. The summed E-state index contributed by atoms with van der Waals surface area (Å²) in [5.41, 5.74) is 3.45. The number of nitrogens with one attached hydrogen (secondary N) is 2. The molecule has 8 heteroatoms. The van der Waals surface area contributed by atoms with Gasteiger partial charge in [0.1, 0.15) is 0 Å². The summed E-state index contributed by atoms with van der Waals surface area (Å²) < 4.78 is 26.4. The summed E-state index contributed by atoms with van der Waals surface area (Å²) in [7, 11) is -3.54. The van der Waals surface area contributed by atoms with Gasteiger partial charge in [-0.1, -0.05) is 19.1 Å². The lowest BCUT2D eigenvalue weighted by atomic mass is 10.1. The predicted molar refractivity (Wildman–Crippen MR) is 112 cm³/mol. The van der Waals surface area contributed by atoms with Crippen molar-refractivity contribution in [2.75, 3.05) is 23.3 Å². The van der Waals surface area contributed by atoms with Gasteiger partial charge in [-0.25, -0.2) is 13.1 Å². The Labute approximate surface area is 171 Å². The number of aryl methyl sites for hydroxylation is 1. The Morgan fingerprint density at radius 1 is 1.14 bits per heavy atom. The Hall–Kier alpha value is -2.71. The van der Waals surface area contributed by atoms with Crippen molar-refractivity contribution >= 4 is 33.2 Å². The summed E-state index contributed by atoms with van der Waals surface area (Å²) in [6.07, 6.45) is 0.145. The number of sulfonamides is 1. The van der Waals surface area contributed by atoms with Gasteiger partial charge >= 0.3 is 0 Å². The van der Waals surface area contributed by atoms with Gasteiger partial charge in [0.25, 0.3) is 0 Å². The fourth-order valence-electron chi connectivity index (χ4n) is 3.38. The zero-order valence-electron chi connectivity index (χ0n) is 16.7. The molecule has 2 N–H and O–H groups in total. The second-order valence-electron chi connectivity index (χ2n) is 7.14. The van der Waals surface area contributed by atoms with E-state index < -0.39 is 15.9 Å². The molecule has 0 saturated carbocycles. The zero-order chi connectivity index (χ0) is 21.2. The molecule has 1 aliphatic heterocycles. The van der Waals surface area contributed by atoms with Crippen molar-refractivity contribution < 1.29 is 18.0 Å². The van der Waals surface area contributed by atoms with Crippen LogP contribution in [0.25, 0.3) is 0 Å². The first-order chi connectivity index (χ1) is 13.7. The standard InChI is InChI=1S/C21H25N3O4S/c1-4-22-29(27,28)18-10-8-17(9-11-18)23-21(26)16-12-20(25)24(13-16)19-7-5-6-14(2)15(19)3/h5-11,16,22H,4,12-13H2,1-3H3,(H,23,26)/t16-/m1/s1. The van der Waals surface area contributed by atoms with E-state index in [0.29, 0.717) is 18.8 Å². The average molecular weight is 416 g/mol. The van der Waals surface area contributed by atoms with Crippen LogP contribution >= 0.6 is 0 Å². The Kier molecular flexibility index (Phi) is 6.04. The van der Waals surface area contributed by atoms with Crippen LogP contribution in [0.3, 0.4) is 0 Å². The molecule has 1 aliphatic rings. The molecule has 1 saturated heterocycles. The fourth-order valence-corrected chi connectivity index (χ4v) is 4.42. The number of hydrogen-bond donors (Lipinski definition) is 2. The lowest BCUT2D eigenvalue weighted by molar-refractivity contribution is -0.122. The molecular formula is C21H25N3O4S. The number of rotatable bonds is 6. The van der Waals surface area contributed by atoms with E-state index in [1.165, 1.54) is 12.1 Å². The van der Waals surface area contributed by atoms with Crippen LogP contribution in [-0.4, -0.2) is 33.3 Å². The van der Waals surface area contributed by atoms with Gasteiger partial charge in [-0.2, -0.15) is 0 Å². The highest BCUT2D eigenvalue weighted by molar-refractivity contribution is 7.89. The van der Waals surface area contributed by atoms with E-state index >= 15 is 0 Å². The van der Waals surface area contributed by atoms with Gasteiger partial charge in [0.15, 0.2) is 0 Å². The molecule has 2 aromatic carbocycles. The lowest BCUT2D eigenvalue weighted by Gasteiger charge is -2.20. The first kappa shape index (κ1) is 21.0. The maximum absolute atomic E-state index is 12.7. The molecule has 0 aromatic heterocycles. The van der Waals surface area contributed by atoms with Crippen LogP contribution in [0.1, 0.15) is 24.5 Å². The van der Waals surface area contributed by atoms with E-state index in [1.807, 2.05) is 32.0 Å². The van der Waals surface area contributed by atoms with Crippen LogP contribution in [0.15, 0.2) is 47.4 Å². The number of hydrogen-bond acceptors (Lipinski definition) is 4. The molecule has 0 radical (unpaired) electrons. The molecule has 0 unspecified atom stereocenters. The topological polar surface area (TPSA) is 95.6 Å². The van der Waals surface area contributed by atoms with Crippen LogP contribution < -0.4 is 14.9 Å². The number of carbonyl (C=O) groups is 2. The van der Waals surface area contributed by atoms with Gasteiger partial charge in [0, 0.05) is 30.9 Å². The lowest BCUT2D eigenvalue weighted by Crippen LogP contribution is -2.28. The summed E-state index contributed by atoms with van der Waals surface area (Å²) in [4.78, 5) is 26.9. The van der Waals surface area contributed by atoms with Crippen molar-refractivity contribution in [2.24, 2.45) is 5.92 Å². The van der Waals surface area contributed by atoms with Crippen molar-refractivity contribution in [1.29, 1.82) is 0 Å². The van der Waals surface area contributed by atoms with Crippen LogP contribution in [0.2, 0.25) is 0 Å². The van der Waals surface area contributed by atoms with Crippen molar-refractivity contribution in [1.82, 2.24) is 4.72 Å². The number of carbonyl (C=O) groups excluding carboxylic acids is 2. The van der Waals surface area contributed by atoms with E-state index in [-0.39, 0.29) is 23.1 Å². The SMILES string of the molecule is CCNS(=O)(=O)c1ccc(NC(=O)[C@@H]2CC(=O)N(c3cccc(C)c3C)C2)cc1. The van der Waals surface area contributed by atoms with E-state index in [4.69, 9.17) is 0 Å². The minimum Gasteiger partial charge on any atom is -0.326 e. The van der Waals surface area contributed by atoms with Crippen molar-refractivity contribution in [3.05, 3.63) is 53.6 Å². The largest absolute Gasteiger partial charge is 0.326 e. The number of nitrogens with zero attached hydrogens (tertiary/aromatic N) is 1. The molecule has 0 spiro atoms. The minimum absolute atomic E-state index is 0.0778. The number of anilines is 2. The Balaban J connectivity index is 1.69. The van der Waals surface area contributed by atoms with Crippen molar-refractivity contribution in [3.63, 3.8) is 0 Å². The molecule has 1 atom stereocenters. The summed E-state index contributed by atoms with van der Waals surface area (Å²) in [6, 6.07) is 11.8. The second-order valence-corrected chi connectivity index (χ2v) is 8.91. The number of amides is 2. The van der Waals surface area contributed by atoms with Gasteiger partial charge < -0.3 is 10.2 Å². The first-order valence-electron chi connectivity index (χ1n) is 9.50. The highest BCUT2D eigenvalue weighted by Crippen LogP contribution is 2.30. The van der Waals surface area contributed by atoms with E-state index in [2.05, 4.69) is 10.0 Å². The predicted octanol–water partition coefficient (Wildman–Crippen LogP) is 2.59. The maximum atomic E-state index is 12.7. The average Bonchev–Trinajstić information content (AvgIpc) is 3.06. The highest BCUT2D eigenvalue weighted by Gasteiger charge is 2.35. The Morgan fingerprint density at radius 2 is 1.83 bits per heavy atom. The molecule has 3 rings (SSSR count). The fraction of sp³-hybridized carbons (Fsp3) is 0.333.